The first-order chi connectivity index (χ1) is 11.2. The quantitative estimate of drug-likeness (QED) is 0.605. The lowest BCUT2D eigenvalue weighted by molar-refractivity contribution is 0.416. The van der Waals surface area contributed by atoms with E-state index in [-0.39, 0.29) is 0 Å². The van der Waals surface area contributed by atoms with Gasteiger partial charge in [0.1, 0.15) is 5.75 Å². The molecule has 3 aromatic rings. The van der Waals surface area contributed by atoms with Crippen molar-refractivity contribution in [1.82, 2.24) is 4.98 Å². The molecule has 3 rings (SSSR count). The average molecular weight is 373 g/mol. The number of unbranched alkanes of at least 4 members (excludes halogenated alkanes) is 1. The van der Waals surface area contributed by atoms with Gasteiger partial charge in [0.05, 0.1) is 12.8 Å². The SMILES string of the molecule is COc1ccccc1-c1[nH]c2ccc(Br)cc2c1CCCCN. The summed E-state index contributed by atoms with van der Waals surface area (Å²) in [6, 6.07) is 14.5. The number of fused-ring (bicyclic) bond motifs is 1. The van der Waals surface area contributed by atoms with Crippen LogP contribution in [-0.4, -0.2) is 18.6 Å². The van der Waals surface area contributed by atoms with Crippen molar-refractivity contribution < 1.29 is 4.74 Å². The van der Waals surface area contributed by atoms with Crippen molar-refractivity contribution in [3.05, 3.63) is 52.5 Å². The Morgan fingerprint density at radius 1 is 1.13 bits per heavy atom. The third-order valence-corrected chi connectivity index (χ3v) is 4.62. The van der Waals surface area contributed by atoms with Gasteiger partial charge in [-0.3, -0.25) is 0 Å². The highest BCUT2D eigenvalue weighted by Gasteiger charge is 2.16. The molecule has 23 heavy (non-hydrogen) atoms. The summed E-state index contributed by atoms with van der Waals surface area (Å²) < 4.78 is 6.64. The van der Waals surface area contributed by atoms with Crippen molar-refractivity contribution >= 4 is 26.8 Å². The highest BCUT2D eigenvalue weighted by molar-refractivity contribution is 9.10. The van der Waals surface area contributed by atoms with E-state index in [1.54, 1.807) is 7.11 Å². The van der Waals surface area contributed by atoms with Crippen LogP contribution in [0.15, 0.2) is 46.9 Å². The predicted molar refractivity (Wildman–Crippen MR) is 100.0 cm³/mol. The number of nitrogens with one attached hydrogen (secondary N) is 1. The molecule has 4 heteroatoms. The minimum atomic E-state index is 0.732. The first-order valence-electron chi connectivity index (χ1n) is 7.88. The molecule has 0 atom stereocenters. The van der Waals surface area contributed by atoms with Gasteiger partial charge < -0.3 is 15.5 Å². The van der Waals surface area contributed by atoms with Gasteiger partial charge in [-0.05, 0) is 61.7 Å². The molecule has 0 radical (unpaired) electrons. The van der Waals surface area contributed by atoms with Crippen molar-refractivity contribution in [3.8, 4) is 17.0 Å². The number of nitrogens with two attached hydrogens (primary N) is 1. The second-order valence-electron chi connectivity index (χ2n) is 5.61. The Kier molecular flexibility index (Phi) is 5.03. The van der Waals surface area contributed by atoms with E-state index in [1.165, 1.54) is 10.9 Å². The summed E-state index contributed by atoms with van der Waals surface area (Å²) in [6.45, 7) is 0.732. The fourth-order valence-electron chi connectivity index (χ4n) is 3.01. The molecule has 0 unspecified atom stereocenters. The molecule has 3 N–H and O–H groups in total. The number of hydrogen-bond acceptors (Lipinski definition) is 2. The number of H-pyrrole nitrogens is 1. The van der Waals surface area contributed by atoms with Gasteiger partial charge in [0.25, 0.3) is 0 Å². The average Bonchev–Trinajstić information content (AvgIpc) is 2.93. The van der Waals surface area contributed by atoms with Crippen LogP contribution in [0.1, 0.15) is 18.4 Å². The maximum atomic E-state index is 5.66. The lowest BCUT2D eigenvalue weighted by atomic mass is 10.00. The van der Waals surface area contributed by atoms with Crippen molar-refractivity contribution in [2.45, 2.75) is 19.3 Å². The summed E-state index contributed by atoms with van der Waals surface area (Å²) in [5.41, 5.74) is 10.4. The van der Waals surface area contributed by atoms with Gasteiger partial charge in [0.2, 0.25) is 0 Å². The van der Waals surface area contributed by atoms with Crippen LogP contribution in [0.4, 0.5) is 0 Å². The molecule has 0 bridgehead atoms. The van der Waals surface area contributed by atoms with E-state index in [2.05, 4.69) is 45.2 Å². The molecule has 0 fully saturated rings. The maximum Gasteiger partial charge on any atom is 0.128 e. The second kappa shape index (κ2) is 7.20. The van der Waals surface area contributed by atoms with E-state index >= 15 is 0 Å². The van der Waals surface area contributed by atoms with Gasteiger partial charge in [-0.15, -0.1) is 0 Å². The van der Waals surface area contributed by atoms with Crippen molar-refractivity contribution in [2.75, 3.05) is 13.7 Å². The van der Waals surface area contributed by atoms with Gasteiger partial charge >= 0.3 is 0 Å². The molecule has 0 aliphatic carbocycles. The monoisotopic (exact) mass is 372 g/mol. The Bertz CT molecular complexity index is 810. The Hall–Kier alpha value is -1.78. The molecule has 0 aliphatic rings. The number of aromatic amines is 1. The van der Waals surface area contributed by atoms with Crippen LogP contribution in [0.2, 0.25) is 0 Å². The van der Waals surface area contributed by atoms with Crippen LogP contribution in [0, 0.1) is 0 Å². The van der Waals surface area contributed by atoms with E-state index in [4.69, 9.17) is 10.5 Å². The minimum Gasteiger partial charge on any atom is -0.496 e. The predicted octanol–water partition coefficient (Wildman–Crippen LogP) is 4.89. The minimum absolute atomic E-state index is 0.732. The molecule has 3 nitrogen and oxygen atoms in total. The Morgan fingerprint density at radius 2 is 1.96 bits per heavy atom. The molecule has 0 aliphatic heterocycles. The van der Waals surface area contributed by atoms with Crippen LogP contribution in [0.5, 0.6) is 5.75 Å². The zero-order chi connectivity index (χ0) is 16.2. The summed E-state index contributed by atoms with van der Waals surface area (Å²) in [4.78, 5) is 3.58. The maximum absolute atomic E-state index is 5.66. The molecule has 120 valence electrons. The summed E-state index contributed by atoms with van der Waals surface area (Å²) >= 11 is 3.58. The van der Waals surface area contributed by atoms with Gasteiger partial charge in [-0.1, -0.05) is 28.1 Å². The van der Waals surface area contributed by atoms with Crippen LogP contribution in [0.25, 0.3) is 22.2 Å². The summed E-state index contributed by atoms with van der Waals surface area (Å²) in [5.74, 6) is 0.887. The molecule has 0 amide bonds. The summed E-state index contributed by atoms with van der Waals surface area (Å²) in [7, 11) is 1.71. The smallest absolute Gasteiger partial charge is 0.128 e. The lowest BCUT2D eigenvalue weighted by Gasteiger charge is -2.09. The Balaban J connectivity index is 2.16. The first-order valence-corrected chi connectivity index (χ1v) is 8.67. The van der Waals surface area contributed by atoms with Gasteiger partial charge in [0, 0.05) is 20.9 Å². The van der Waals surface area contributed by atoms with Gasteiger partial charge in [-0.2, -0.15) is 0 Å². The molecule has 2 aromatic carbocycles. The summed E-state index contributed by atoms with van der Waals surface area (Å²) in [5, 5.41) is 1.26. The standard InChI is InChI=1S/C19H21BrN2O/c1-23-18-8-3-2-7-15(18)19-14(6-4-5-11-21)16-12-13(20)9-10-17(16)22-19/h2-3,7-10,12,22H,4-6,11,21H2,1H3. The molecule has 1 aromatic heterocycles. The van der Waals surface area contributed by atoms with Crippen LogP contribution < -0.4 is 10.5 Å². The number of ether oxygens (including phenoxy) is 1. The number of methoxy groups -OCH3 is 1. The molecular weight excluding hydrogens is 352 g/mol. The van der Waals surface area contributed by atoms with E-state index in [1.807, 2.05) is 18.2 Å². The highest BCUT2D eigenvalue weighted by Crippen LogP contribution is 2.37. The summed E-state index contributed by atoms with van der Waals surface area (Å²) in [6.07, 6.45) is 3.12. The first kappa shape index (κ1) is 16.1. The Morgan fingerprint density at radius 3 is 2.74 bits per heavy atom. The Labute approximate surface area is 145 Å². The van der Waals surface area contributed by atoms with E-state index in [0.29, 0.717) is 0 Å². The lowest BCUT2D eigenvalue weighted by Crippen LogP contribution is -1.99. The molecular formula is C19H21BrN2O. The zero-order valence-corrected chi connectivity index (χ0v) is 14.8. The number of rotatable bonds is 6. The molecule has 0 spiro atoms. The van der Waals surface area contributed by atoms with Crippen LogP contribution in [0.3, 0.4) is 0 Å². The largest absolute Gasteiger partial charge is 0.496 e. The van der Waals surface area contributed by atoms with Crippen molar-refractivity contribution in [1.29, 1.82) is 0 Å². The van der Waals surface area contributed by atoms with Crippen molar-refractivity contribution in [2.24, 2.45) is 5.73 Å². The number of hydrogen-bond donors (Lipinski definition) is 2. The van der Waals surface area contributed by atoms with E-state index < -0.39 is 0 Å². The fraction of sp³-hybridized carbons (Fsp3) is 0.263. The van der Waals surface area contributed by atoms with Crippen LogP contribution >= 0.6 is 15.9 Å². The molecule has 1 heterocycles. The van der Waals surface area contributed by atoms with Gasteiger partial charge in [-0.25, -0.2) is 0 Å². The molecule has 0 saturated heterocycles. The topological polar surface area (TPSA) is 51.0 Å². The number of benzene rings is 2. The fourth-order valence-corrected chi connectivity index (χ4v) is 3.37. The molecule has 0 saturated carbocycles. The number of aryl methyl sites for hydroxylation is 1. The van der Waals surface area contributed by atoms with E-state index in [9.17, 15) is 0 Å². The van der Waals surface area contributed by atoms with E-state index in [0.717, 1.165) is 52.8 Å². The number of para-hydroxylation sites is 1. The van der Waals surface area contributed by atoms with Gasteiger partial charge in [0.15, 0.2) is 0 Å². The number of aromatic nitrogens is 1. The third kappa shape index (κ3) is 3.28. The second-order valence-corrected chi connectivity index (χ2v) is 6.53. The van der Waals surface area contributed by atoms with Crippen LogP contribution in [-0.2, 0) is 6.42 Å². The highest BCUT2D eigenvalue weighted by atomic mass is 79.9. The van der Waals surface area contributed by atoms with Crippen molar-refractivity contribution in [3.63, 3.8) is 0 Å². The normalized spacial score (nSPS) is 11.1. The zero-order valence-electron chi connectivity index (χ0n) is 13.2. The third-order valence-electron chi connectivity index (χ3n) is 4.13. The number of halogens is 1.